The number of nitrogens with one attached hydrogen (secondary N) is 2. The second kappa shape index (κ2) is 15.5. The third-order valence-corrected chi connectivity index (χ3v) is 10.2. The molecule has 0 aliphatic carbocycles. The number of likely N-dealkylation sites (tertiary alicyclic amines) is 1. The Hall–Kier alpha value is -4.64. The third kappa shape index (κ3) is 8.56. The van der Waals surface area contributed by atoms with Crippen LogP contribution in [0.15, 0.2) is 95.1 Å². The van der Waals surface area contributed by atoms with Crippen LogP contribution in [-0.4, -0.2) is 57.0 Å². The molecule has 0 spiro atoms. The fraction of sp³-hybridized carbons (Fsp3) is 0.350. The number of benzene rings is 3. The summed E-state index contributed by atoms with van der Waals surface area (Å²) in [5.41, 5.74) is 5.49. The van der Waals surface area contributed by atoms with Gasteiger partial charge in [0.2, 0.25) is 5.89 Å². The summed E-state index contributed by atoms with van der Waals surface area (Å²) in [5, 5.41) is 20.9. The van der Waals surface area contributed by atoms with Crippen molar-refractivity contribution in [3.63, 3.8) is 0 Å². The predicted octanol–water partition coefficient (Wildman–Crippen LogP) is 6.87. The minimum absolute atomic E-state index is 0.0337. The second-order valence-electron chi connectivity index (χ2n) is 14.0. The van der Waals surface area contributed by atoms with Crippen LogP contribution in [0.5, 0.6) is 0 Å². The van der Waals surface area contributed by atoms with Gasteiger partial charge in [0.05, 0.1) is 24.4 Å². The minimum atomic E-state index is -0.895. The van der Waals surface area contributed by atoms with E-state index in [1.165, 1.54) is 18.0 Å². The molecule has 5 aromatic rings. The number of amides is 2. The summed E-state index contributed by atoms with van der Waals surface area (Å²) in [6.07, 6.45) is 4.22. The SMILES string of the molecule is Cc1csc([C@H]2CCCN2C(=O)c2cc(C(=O)N[C@@H](Cc3ccccc3)[C@@H](O)CNCc3cccc(C(C)(C)C)c3)cc(-c3ncco3)c2)n1. The quantitative estimate of drug-likeness (QED) is 0.131. The molecule has 260 valence electrons. The van der Waals surface area contributed by atoms with Gasteiger partial charge in [0, 0.05) is 47.4 Å². The lowest BCUT2D eigenvalue weighted by Crippen LogP contribution is -2.48. The molecule has 3 heterocycles. The number of aryl methyl sites for hydroxylation is 1. The van der Waals surface area contributed by atoms with Gasteiger partial charge >= 0.3 is 0 Å². The summed E-state index contributed by atoms with van der Waals surface area (Å²) in [6, 6.07) is 22.5. The molecule has 3 N–H and O–H groups in total. The maximum absolute atomic E-state index is 14.1. The Morgan fingerprint density at radius 2 is 1.82 bits per heavy atom. The average Bonchev–Trinajstić information content (AvgIpc) is 3.90. The predicted molar refractivity (Wildman–Crippen MR) is 196 cm³/mol. The number of carbonyl (C=O) groups is 2. The van der Waals surface area contributed by atoms with Gasteiger partial charge in [0.15, 0.2) is 0 Å². The highest BCUT2D eigenvalue weighted by molar-refractivity contribution is 7.09. The van der Waals surface area contributed by atoms with Crippen molar-refractivity contribution in [3.05, 3.63) is 129 Å². The molecule has 9 nitrogen and oxygen atoms in total. The Bertz CT molecular complexity index is 1900. The van der Waals surface area contributed by atoms with Gasteiger partial charge in [-0.1, -0.05) is 75.4 Å². The van der Waals surface area contributed by atoms with Gasteiger partial charge in [0.25, 0.3) is 11.8 Å². The van der Waals surface area contributed by atoms with Crippen LogP contribution in [0.25, 0.3) is 11.5 Å². The normalized spacial score (nSPS) is 15.9. The number of thiazole rings is 1. The van der Waals surface area contributed by atoms with Crippen molar-refractivity contribution in [1.82, 2.24) is 25.5 Å². The number of hydrogen-bond acceptors (Lipinski definition) is 8. The van der Waals surface area contributed by atoms with Crippen LogP contribution in [0, 0.1) is 6.92 Å². The molecule has 1 aliphatic rings. The summed E-state index contributed by atoms with van der Waals surface area (Å²) in [5.74, 6) is -0.273. The van der Waals surface area contributed by atoms with Crippen molar-refractivity contribution < 1.29 is 19.1 Å². The van der Waals surface area contributed by atoms with E-state index in [0.29, 0.717) is 36.5 Å². The van der Waals surface area contributed by atoms with Crippen molar-refractivity contribution in [1.29, 1.82) is 0 Å². The number of carbonyl (C=O) groups excluding carboxylic acids is 2. The minimum Gasteiger partial charge on any atom is -0.445 e. The third-order valence-electron chi connectivity index (χ3n) is 9.11. The highest BCUT2D eigenvalue weighted by Crippen LogP contribution is 2.35. The fourth-order valence-electron chi connectivity index (χ4n) is 6.39. The molecule has 6 rings (SSSR count). The first-order chi connectivity index (χ1) is 24.0. The van der Waals surface area contributed by atoms with E-state index in [4.69, 9.17) is 4.42 Å². The van der Waals surface area contributed by atoms with E-state index in [0.717, 1.165) is 34.7 Å². The molecule has 3 atom stereocenters. The van der Waals surface area contributed by atoms with Crippen LogP contribution in [0.1, 0.15) is 87.8 Å². The number of aliphatic hydroxyl groups is 1. The first-order valence-electron chi connectivity index (χ1n) is 17.2. The lowest BCUT2D eigenvalue weighted by atomic mass is 9.86. The molecule has 3 aromatic carbocycles. The zero-order valence-electron chi connectivity index (χ0n) is 29.1. The zero-order valence-corrected chi connectivity index (χ0v) is 29.9. The van der Waals surface area contributed by atoms with Crippen LogP contribution in [0.2, 0.25) is 0 Å². The van der Waals surface area contributed by atoms with E-state index in [1.54, 1.807) is 29.5 Å². The summed E-state index contributed by atoms with van der Waals surface area (Å²) < 4.78 is 5.59. The molecule has 2 amide bonds. The topological polar surface area (TPSA) is 121 Å². The molecular formula is C40H45N5O4S. The molecule has 0 saturated carbocycles. The van der Waals surface area contributed by atoms with Crippen molar-refractivity contribution in [3.8, 4) is 11.5 Å². The van der Waals surface area contributed by atoms with E-state index in [1.807, 2.05) is 47.5 Å². The molecule has 2 aromatic heterocycles. The Balaban J connectivity index is 1.23. The first kappa shape index (κ1) is 35.2. The fourth-order valence-corrected chi connectivity index (χ4v) is 7.33. The van der Waals surface area contributed by atoms with Crippen molar-refractivity contribution in [2.45, 2.75) is 77.1 Å². The molecule has 1 fully saturated rings. The molecule has 50 heavy (non-hydrogen) atoms. The van der Waals surface area contributed by atoms with E-state index in [2.05, 4.69) is 65.6 Å². The van der Waals surface area contributed by atoms with E-state index >= 15 is 0 Å². The van der Waals surface area contributed by atoms with Crippen LogP contribution in [0.3, 0.4) is 0 Å². The highest BCUT2D eigenvalue weighted by atomic mass is 32.1. The average molecular weight is 692 g/mol. The highest BCUT2D eigenvalue weighted by Gasteiger charge is 2.33. The lowest BCUT2D eigenvalue weighted by molar-refractivity contribution is 0.0735. The molecule has 1 aliphatic heterocycles. The molecule has 0 unspecified atom stereocenters. The van der Waals surface area contributed by atoms with E-state index < -0.39 is 18.1 Å². The smallest absolute Gasteiger partial charge is 0.254 e. The lowest BCUT2D eigenvalue weighted by Gasteiger charge is -2.26. The van der Waals surface area contributed by atoms with Gasteiger partial charge in [-0.15, -0.1) is 11.3 Å². The monoisotopic (exact) mass is 691 g/mol. The number of aliphatic hydroxyl groups excluding tert-OH is 1. The van der Waals surface area contributed by atoms with Gasteiger partial charge in [-0.25, -0.2) is 9.97 Å². The van der Waals surface area contributed by atoms with Gasteiger partial charge in [-0.3, -0.25) is 9.59 Å². The molecule has 0 bridgehead atoms. The van der Waals surface area contributed by atoms with Gasteiger partial charge in [-0.2, -0.15) is 0 Å². The molecule has 1 saturated heterocycles. The summed E-state index contributed by atoms with van der Waals surface area (Å²) in [4.78, 5) is 38.9. The summed E-state index contributed by atoms with van der Waals surface area (Å²) in [7, 11) is 0. The van der Waals surface area contributed by atoms with Crippen molar-refractivity contribution in [2.24, 2.45) is 0 Å². The maximum Gasteiger partial charge on any atom is 0.254 e. The Morgan fingerprint density at radius 3 is 2.54 bits per heavy atom. The van der Waals surface area contributed by atoms with E-state index in [-0.39, 0.29) is 29.5 Å². The Kier molecular flexibility index (Phi) is 10.9. The van der Waals surface area contributed by atoms with E-state index in [9.17, 15) is 14.7 Å². The Morgan fingerprint density at radius 1 is 1.04 bits per heavy atom. The van der Waals surface area contributed by atoms with Crippen LogP contribution in [0.4, 0.5) is 0 Å². The largest absolute Gasteiger partial charge is 0.445 e. The molecule has 0 radical (unpaired) electrons. The number of nitrogens with zero attached hydrogens (tertiary/aromatic N) is 3. The van der Waals surface area contributed by atoms with Gasteiger partial charge in [-0.05, 0) is 66.5 Å². The number of rotatable bonds is 12. The second-order valence-corrected chi connectivity index (χ2v) is 14.9. The number of aromatic nitrogens is 2. The van der Waals surface area contributed by atoms with Gasteiger partial charge < -0.3 is 25.1 Å². The maximum atomic E-state index is 14.1. The number of hydrogen-bond donors (Lipinski definition) is 3. The molecule has 10 heteroatoms. The summed E-state index contributed by atoms with van der Waals surface area (Å²) in [6.45, 7) is 9.96. The standard InChI is InChI=1S/C40H45N5O4S/c1-26-25-50-38(43-26)34-14-9-16-45(34)39(48)31-21-29(20-30(22-31)37-42-15-17-49-37)36(47)44-33(19-27-10-6-5-7-11-27)35(46)24-41-23-28-12-8-13-32(18-28)40(2,3)4/h5-8,10-13,15,17-18,20-22,25,33-35,41,46H,9,14,16,19,23-24H2,1-4H3,(H,44,47)/t33-,34+,35-/m0/s1. The first-order valence-corrected chi connectivity index (χ1v) is 18.0. The van der Waals surface area contributed by atoms with Crippen LogP contribution < -0.4 is 10.6 Å². The Labute approximate surface area is 297 Å². The van der Waals surface area contributed by atoms with Crippen LogP contribution >= 0.6 is 11.3 Å². The van der Waals surface area contributed by atoms with Crippen molar-refractivity contribution in [2.75, 3.05) is 13.1 Å². The zero-order chi connectivity index (χ0) is 35.3. The summed E-state index contributed by atoms with van der Waals surface area (Å²) >= 11 is 1.57. The molecular weight excluding hydrogens is 647 g/mol. The number of oxazole rings is 1. The van der Waals surface area contributed by atoms with Crippen molar-refractivity contribution >= 4 is 23.2 Å². The van der Waals surface area contributed by atoms with Crippen LogP contribution in [-0.2, 0) is 18.4 Å². The van der Waals surface area contributed by atoms with Gasteiger partial charge in [0.1, 0.15) is 11.3 Å².